The Morgan fingerprint density at radius 3 is 2.26 bits per heavy atom. The number of thiophene rings is 1. The van der Waals surface area contributed by atoms with Crippen LogP contribution in [0.3, 0.4) is 0 Å². The minimum Gasteiger partial charge on any atom is -0.465 e. The van der Waals surface area contributed by atoms with Crippen LogP contribution in [0.4, 0.5) is 10.7 Å². The van der Waals surface area contributed by atoms with Gasteiger partial charge in [-0.2, -0.15) is 0 Å². The van der Waals surface area contributed by atoms with Gasteiger partial charge in [0.25, 0.3) is 11.8 Å². The normalized spacial score (nSPS) is 13.4. The molecule has 6 rings (SSSR count). The number of carbonyl (C=O) groups excluding carboxylic acids is 4. The minimum atomic E-state index is -0.694. The van der Waals surface area contributed by atoms with Gasteiger partial charge in [-0.05, 0) is 90.9 Å². The summed E-state index contributed by atoms with van der Waals surface area (Å²) < 4.78 is 5.18. The molecule has 0 spiro atoms. The number of thioether (sulfide) groups is 1. The first-order valence-corrected chi connectivity index (χ1v) is 19.4. The van der Waals surface area contributed by atoms with Crippen LogP contribution in [0, 0.1) is 0 Å². The zero-order valence-corrected chi connectivity index (χ0v) is 31.4. The maximum Gasteiger partial charge on any atom is 0.341 e. The number of aryl methyl sites for hydroxylation is 1. The van der Waals surface area contributed by atoms with Crippen LogP contribution in [0.15, 0.2) is 120 Å². The molecule has 0 saturated heterocycles. The number of hydrogen-bond donors (Lipinski definition) is 3. The average Bonchev–Trinajstić information content (AvgIpc) is 3.48. The lowest BCUT2D eigenvalue weighted by atomic mass is 9.96. The molecule has 4 aromatic carbocycles. The van der Waals surface area contributed by atoms with E-state index in [1.807, 2.05) is 36.4 Å². The van der Waals surface area contributed by atoms with Crippen molar-refractivity contribution in [1.29, 1.82) is 0 Å². The van der Waals surface area contributed by atoms with Crippen LogP contribution in [-0.4, -0.2) is 30.8 Å². The van der Waals surface area contributed by atoms with Gasteiger partial charge in [0.05, 0.1) is 12.7 Å². The zero-order chi connectivity index (χ0) is 37.2. The van der Waals surface area contributed by atoms with Gasteiger partial charge in [0.2, 0.25) is 5.91 Å². The van der Waals surface area contributed by atoms with E-state index in [-0.39, 0.29) is 11.6 Å². The second-order valence-corrected chi connectivity index (χ2v) is 15.1. The van der Waals surface area contributed by atoms with Crippen LogP contribution in [0.25, 0.3) is 6.08 Å². The van der Waals surface area contributed by atoms with Crippen molar-refractivity contribution in [1.82, 2.24) is 5.32 Å². The van der Waals surface area contributed by atoms with E-state index < -0.39 is 23.0 Å². The third kappa shape index (κ3) is 9.84. The fourth-order valence-electron chi connectivity index (χ4n) is 6.09. The van der Waals surface area contributed by atoms with E-state index in [1.165, 1.54) is 30.2 Å². The molecule has 0 fully saturated rings. The van der Waals surface area contributed by atoms with Crippen molar-refractivity contribution in [3.63, 3.8) is 0 Å². The summed E-state index contributed by atoms with van der Waals surface area (Å²) in [5.74, 6) is -1.72. The quantitative estimate of drug-likeness (QED) is 0.0702. The summed E-state index contributed by atoms with van der Waals surface area (Å²) in [6.45, 7) is 0. The van der Waals surface area contributed by atoms with E-state index in [0.717, 1.165) is 54.5 Å². The van der Waals surface area contributed by atoms with E-state index in [2.05, 4.69) is 16.0 Å². The van der Waals surface area contributed by atoms with Crippen LogP contribution in [0.1, 0.15) is 73.2 Å². The van der Waals surface area contributed by atoms with E-state index in [1.54, 1.807) is 78.9 Å². The van der Waals surface area contributed by atoms with Gasteiger partial charge in [-0.1, -0.05) is 91.2 Å². The maximum atomic E-state index is 14.2. The molecule has 1 unspecified atom stereocenters. The van der Waals surface area contributed by atoms with Crippen LogP contribution >= 0.6 is 34.7 Å². The van der Waals surface area contributed by atoms with Crippen LogP contribution in [0.2, 0.25) is 5.02 Å². The van der Waals surface area contributed by atoms with E-state index in [9.17, 15) is 19.2 Å². The maximum absolute atomic E-state index is 14.2. The summed E-state index contributed by atoms with van der Waals surface area (Å²) in [7, 11) is 1.36. The Balaban J connectivity index is 1.25. The van der Waals surface area contributed by atoms with Crippen molar-refractivity contribution in [2.24, 2.45) is 0 Å². The highest BCUT2D eigenvalue weighted by Crippen LogP contribution is 2.41. The van der Waals surface area contributed by atoms with Gasteiger partial charge in [-0.15, -0.1) is 23.1 Å². The number of ether oxygens (including phenoxy) is 1. The molecular weight excluding hydrogens is 726 g/mol. The van der Waals surface area contributed by atoms with Gasteiger partial charge in [-0.3, -0.25) is 14.4 Å². The molecule has 0 bridgehead atoms. The molecule has 270 valence electrons. The second kappa shape index (κ2) is 18.1. The molecule has 0 saturated carbocycles. The lowest BCUT2D eigenvalue weighted by Gasteiger charge is -2.18. The van der Waals surface area contributed by atoms with E-state index in [0.29, 0.717) is 37.3 Å². The first kappa shape index (κ1) is 37.6. The molecule has 1 atom stereocenters. The van der Waals surface area contributed by atoms with Crippen molar-refractivity contribution in [2.75, 3.05) is 17.7 Å². The molecule has 1 aliphatic rings. The standard InChI is InChI=1S/C42H38ClN3O5S2/c1-51-42(50)36-33-22-10-2-3-11-23-35(33)53-41(36)46-40(49)37(28-15-6-4-7-16-28)52-32-21-13-20-31(26-32)44-39(48)34(25-27-14-12-19-30(43)24-27)45-38(47)29-17-8-5-9-18-29/h4-9,12-21,24-26,37H,2-3,10-11,22-23H2,1H3,(H,44,48)(H,45,47)(H,46,49)/b34-25-. The molecule has 1 heterocycles. The number of carbonyl (C=O) groups is 4. The molecule has 1 aromatic heterocycles. The average molecular weight is 764 g/mol. The summed E-state index contributed by atoms with van der Waals surface area (Å²) in [6.07, 6.45) is 7.45. The summed E-state index contributed by atoms with van der Waals surface area (Å²) in [4.78, 5) is 55.9. The number of fused-ring (bicyclic) bond motifs is 1. The smallest absolute Gasteiger partial charge is 0.341 e. The molecule has 11 heteroatoms. The fraction of sp³-hybridized carbons (Fsp3) is 0.190. The zero-order valence-electron chi connectivity index (χ0n) is 29.0. The second-order valence-electron chi connectivity index (χ2n) is 12.4. The number of rotatable bonds is 11. The Morgan fingerprint density at radius 1 is 0.811 bits per heavy atom. The van der Waals surface area contributed by atoms with E-state index in [4.69, 9.17) is 16.3 Å². The fourth-order valence-corrected chi connectivity index (χ4v) is 8.65. The van der Waals surface area contributed by atoms with Crippen LogP contribution < -0.4 is 16.0 Å². The molecule has 3 N–H and O–H groups in total. The molecule has 8 nitrogen and oxygen atoms in total. The van der Waals surface area contributed by atoms with Crippen LogP contribution in [0.5, 0.6) is 0 Å². The third-order valence-electron chi connectivity index (χ3n) is 8.67. The Labute approximate surface area is 322 Å². The third-order valence-corrected chi connectivity index (χ3v) is 11.4. The Hall–Kier alpha value is -5.16. The highest BCUT2D eigenvalue weighted by Gasteiger charge is 2.29. The number of benzene rings is 4. The molecule has 0 radical (unpaired) electrons. The van der Waals surface area contributed by atoms with Gasteiger partial charge in [-0.25, -0.2) is 4.79 Å². The van der Waals surface area contributed by atoms with Gasteiger partial charge < -0.3 is 20.7 Å². The van der Waals surface area contributed by atoms with Crippen molar-refractivity contribution >= 4 is 75.2 Å². The minimum absolute atomic E-state index is 0.0205. The van der Waals surface area contributed by atoms with Gasteiger partial charge in [0.1, 0.15) is 15.9 Å². The topological polar surface area (TPSA) is 114 Å². The molecular formula is C42H38ClN3O5S2. The lowest BCUT2D eigenvalue weighted by molar-refractivity contribution is -0.116. The monoisotopic (exact) mass is 763 g/mol. The summed E-state index contributed by atoms with van der Waals surface area (Å²) in [5, 5.41) is 9.04. The molecule has 0 aliphatic heterocycles. The Bertz CT molecular complexity index is 2140. The van der Waals surface area contributed by atoms with Crippen molar-refractivity contribution < 1.29 is 23.9 Å². The van der Waals surface area contributed by atoms with E-state index >= 15 is 0 Å². The predicted molar refractivity (Wildman–Crippen MR) is 214 cm³/mol. The largest absolute Gasteiger partial charge is 0.465 e. The highest BCUT2D eigenvalue weighted by atomic mass is 35.5. The first-order chi connectivity index (χ1) is 25.8. The summed E-state index contributed by atoms with van der Waals surface area (Å²) in [6, 6.07) is 32.2. The Kier molecular flexibility index (Phi) is 12.8. The number of hydrogen-bond acceptors (Lipinski definition) is 7. The molecule has 5 aromatic rings. The molecule has 53 heavy (non-hydrogen) atoms. The highest BCUT2D eigenvalue weighted by molar-refractivity contribution is 8.00. The number of methoxy groups -OCH3 is 1. The molecule has 3 amide bonds. The van der Waals surface area contributed by atoms with Crippen molar-refractivity contribution in [3.8, 4) is 0 Å². The number of amides is 3. The number of nitrogens with one attached hydrogen (secondary N) is 3. The van der Waals surface area contributed by atoms with Crippen molar-refractivity contribution in [2.45, 2.75) is 48.7 Å². The van der Waals surface area contributed by atoms with Crippen molar-refractivity contribution in [3.05, 3.63) is 153 Å². The predicted octanol–water partition coefficient (Wildman–Crippen LogP) is 9.73. The number of halogens is 1. The lowest BCUT2D eigenvalue weighted by Crippen LogP contribution is -2.30. The summed E-state index contributed by atoms with van der Waals surface area (Å²) in [5.41, 5.74) is 3.71. The number of esters is 1. The first-order valence-electron chi connectivity index (χ1n) is 17.3. The molecule has 1 aliphatic carbocycles. The van der Waals surface area contributed by atoms with Gasteiger partial charge >= 0.3 is 5.97 Å². The number of anilines is 2. The van der Waals surface area contributed by atoms with Gasteiger partial charge in [0, 0.05) is 26.0 Å². The Morgan fingerprint density at radius 2 is 1.53 bits per heavy atom. The van der Waals surface area contributed by atoms with Gasteiger partial charge in [0.15, 0.2) is 0 Å². The van der Waals surface area contributed by atoms with Crippen LogP contribution in [-0.2, 0) is 27.2 Å². The summed E-state index contributed by atoms with van der Waals surface area (Å²) >= 11 is 8.98. The SMILES string of the molecule is COC(=O)c1c(NC(=O)C(Sc2cccc(NC(=O)/C(=C/c3cccc(Cl)c3)NC(=O)c3ccccc3)c2)c2ccccc2)sc2c1CCCCCC2.